The molecule has 7 unspecified atom stereocenters. The summed E-state index contributed by atoms with van der Waals surface area (Å²) in [5.41, 5.74) is 0. The summed E-state index contributed by atoms with van der Waals surface area (Å²) in [5.74, 6) is -0.138. The second-order valence-electron chi connectivity index (χ2n) is 22.2. The minimum atomic E-state index is -1.55. The molecular formula is C63H121NO8. The van der Waals surface area contributed by atoms with Crippen molar-refractivity contribution in [3.63, 3.8) is 0 Å². The van der Waals surface area contributed by atoms with Gasteiger partial charge in [-0.1, -0.05) is 289 Å². The normalized spacial score (nSPS) is 19.2. The van der Waals surface area contributed by atoms with E-state index in [-0.39, 0.29) is 12.5 Å². The van der Waals surface area contributed by atoms with E-state index in [1.807, 2.05) is 0 Å². The van der Waals surface area contributed by atoms with Gasteiger partial charge in [-0.2, -0.15) is 0 Å². The Morgan fingerprint density at radius 1 is 0.472 bits per heavy atom. The number of rotatable bonds is 55. The fourth-order valence-electron chi connectivity index (χ4n) is 10.3. The van der Waals surface area contributed by atoms with Crippen LogP contribution in [0.15, 0.2) is 24.3 Å². The van der Waals surface area contributed by atoms with Gasteiger partial charge >= 0.3 is 0 Å². The van der Waals surface area contributed by atoms with E-state index in [2.05, 4.69) is 43.5 Å². The van der Waals surface area contributed by atoms with Crippen molar-refractivity contribution < 1.29 is 39.8 Å². The summed E-state index contributed by atoms with van der Waals surface area (Å²) in [4.78, 5) is 13.1. The fourth-order valence-corrected chi connectivity index (χ4v) is 10.3. The molecule has 9 nitrogen and oxygen atoms in total. The van der Waals surface area contributed by atoms with Crippen LogP contribution in [0.25, 0.3) is 0 Å². The number of allylic oxidation sites excluding steroid dienone is 4. The number of carbonyl (C=O) groups excluding carboxylic acids is 1. The Morgan fingerprint density at radius 2 is 0.819 bits per heavy atom. The molecule has 1 rings (SSSR count). The molecule has 0 aromatic carbocycles. The molecule has 9 heteroatoms. The highest BCUT2D eigenvalue weighted by Gasteiger charge is 2.44. The van der Waals surface area contributed by atoms with Gasteiger partial charge in [-0.3, -0.25) is 4.79 Å². The highest BCUT2D eigenvalue weighted by Crippen LogP contribution is 2.23. The number of nitrogens with one attached hydrogen (secondary N) is 1. The van der Waals surface area contributed by atoms with Gasteiger partial charge < -0.3 is 40.3 Å². The Hall–Kier alpha value is -1.33. The zero-order valence-corrected chi connectivity index (χ0v) is 47.5. The molecule has 1 heterocycles. The summed E-state index contributed by atoms with van der Waals surface area (Å²) in [6.07, 6.45) is 60.9. The number of hydrogen-bond donors (Lipinski definition) is 6. The van der Waals surface area contributed by atoms with Crippen LogP contribution in [0.3, 0.4) is 0 Å². The van der Waals surface area contributed by atoms with Crippen molar-refractivity contribution in [2.24, 2.45) is 0 Å². The molecule has 0 aromatic heterocycles. The summed E-state index contributed by atoms with van der Waals surface area (Å²) < 4.78 is 11.3. The lowest BCUT2D eigenvalue weighted by molar-refractivity contribution is -0.302. The molecule has 0 bridgehead atoms. The molecule has 6 N–H and O–H groups in total. The number of ether oxygens (including phenoxy) is 2. The average Bonchev–Trinajstić information content (AvgIpc) is 3.38. The lowest BCUT2D eigenvalue weighted by atomic mass is 9.99. The van der Waals surface area contributed by atoms with E-state index in [1.165, 1.54) is 244 Å². The molecule has 1 fully saturated rings. The highest BCUT2D eigenvalue weighted by atomic mass is 16.7. The third-order valence-electron chi connectivity index (χ3n) is 15.3. The SMILES string of the molecule is CCCCCCC/C=C\C/C=C\CCCCCCCCCCCCCCCCCCCCCCCC(=O)NC(COC1OC(CO)C(O)C(O)C1O)C(O)CCCCCCCCCCCCCCCCCC. The van der Waals surface area contributed by atoms with Crippen molar-refractivity contribution in [2.45, 2.75) is 358 Å². The Bertz CT molecular complexity index is 1180. The van der Waals surface area contributed by atoms with E-state index in [0.29, 0.717) is 12.8 Å². The maximum Gasteiger partial charge on any atom is 0.220 e. The molecule has 0 saturated carbocycles. The molecule has 7 atom stereocenters. The van der Waals surface area contributed by atoms with Crippen LogP contribution in [0, 0.1) is 0 Å². The van der Waals surface area contributed by atoms with Crippen LogP contribution in [0.4, 0.5) is 0 Å². The van der Waals surface area contributed by atoms with Crippen molar-refractivity contribution in [1.29, 1.82) is 0 Å². The summed E-state index contributed by atoms with van der Waals surface area (Å²) >= 11 is 0. The fraction of sp³-hybridized carbons (Fsp3) is 0.921. The highest BCUT2D eigenvalue weighted by molar-refractivity contribution is 5.76. The molecule has 0 aliphatic carbocycles. The molecule has 0 spiro atoms. The lowest BCUT2D eigenvalue weighted by Crippen LogP contribution is -2.60. The van der Waals surface area contributed by atoms with Gasteiger partial charge in [-0.15, -0.1) is 0 Å². The van der Waals surface area contributed by atoms with Crippen LogP contribution in [0.1, 0.15) is 316 Å². The van der Waals surface area contributed by atoms with Gasteiger partial charge in [0.2, 0.25) is 5.91 Å². The van der Waals surface area contributed by atoms with Gasteiger partial charge in [0.05, 0.1) is 25.4 Å². The second-order valence-corrected chi connectivity index (χ2v) is 22.2. The summed E-state index contributed by atoms with van der Waals surface area (Å²) in [5, 5.41) is 54.7. The van der Waals surface area contributed by atoms with E-state index >= 15 is 0 Å². The molecule has 1 amide bonds. The topological polar surface area (TPSA) is 149 Å². The van der Waals surface area contributed by atoms with Crippen LogP contribution >= 0.6 is 0 Å². The van der Waals surface area contributed by atoms with Gasteiger partial charge in [0, 0.05) is 6.42 Å². The van der Waals surface area contributed by atoms with Crippen molar-refractivity contribution in [1.82, 2.24) is 5.32 Å². The quantitative estimate of drug-likeness (QED) is 0.0261. The first-order valence-electron chi connectivity index (χ1n) is 31.5. The van der Waals surface area contributed by atoms with Gasteiger partial charge in [-0.25, -0.2) is 0 Å². The second kappa shape index (κ2) is 53.1. The summed E-state index contributed by atoms with van der Waals surface area (Å²) in [7, 11) is 0. The average molecular weight is 1020 g/mol. The number of carbonyl (C=O) groups is 1. The zero-order chi connectivity index (χ0) is 52.2. The lowest BCUT2D eigenvalue weighted by Gasteiger charge is -2.40. The molecule has 426 valence electrons. The first kappa shape index (κ1) is 68.7. The van der Waals surface area contributed by atoms with Gasteiger partial charge in [0.25, 0.3) is 0 Å². The molecular weight excluding hydrogens is 899 g/mol. The maximum absolute atomic E-state index is 13.1. The van der Waals surface area contributed by atoms with Crippen LogP contribution < -0.4 is 5.32 Å². The van der Waals surface area contributed by atoms with E-state index in [4.69, 9.17) is 9.47 Å². The predicted octanol–water partition coefficient (Wildman–Crippen LogP) is 16.1. The molecule has 1 aliphatic heterocycles. The van der Waals surface area contributed by atoms with Gasteiger partial charge in [0.15, 0.2) is 6.29 Å². The predicted molar refractivity (Wildman–Crippen MR) is 304 cm³/mol. The van der Waals surface area contributed by atoms with Crippen LogP contribution in [-0.2, 0) is 14.3 Å². The minimum Gasteiger partial charge on any atom is -0.394 e. The third kappa shape index (κ3) is 41.9. The number of aliphatic hydroxyl groups is 5. The van der Waals surface area contributed by atoms with Crippen molar-refractivity contribution in [3.05, 3.63) is 24.3 Å². The van der Waals surface area contributed by atoms with E-state index in [0.717, 1.165) is 44.9 Å². The monoisotopic (exact) mass is 1020 g/mol. The van der Waals surface area contributed by atoms with Crippen LogP contribution in [0.5, 0.6) is 0 Å². The van der Waals surface area contributed by atoms with E-state index in [1.54, 1.807) is 0 Å². The van der Waals surface area contributed by atoms with Crippen molar-refractivity contribution >= 4 is 5.91 Å². The molecule has 0 aromatic rings. The summed E-state index contributed by atoms with van der Waals surface area (Å²) in [6, 6.07) is -0.716. The smallest absolute Gasteiger partial charge is 0.220 e. The van der Waals surface area contributed by atoms with Crippen LogP contribution in [-0.4, -0.2) is 87.5 Å². The third-order valence-corrected chi connectivity index (χ3v) is 15.3. The van der Waals surface area contributed by atoms with E-state index < -0.39 is 49.5 Å². The maximum atomic E-state index is 13.1. The number of amides is 1. The largest absolute Gasteiger partial charge is 0.394 e. The molecule has 1 aliphatic rings. The first-order valence-corrected chi connectivity index (χ1v) is 31.5. The van der Waals surface area contributed by atoms with E-state index in [9.17, 15) is 30.3 Å². The molecule has 1 saturated heterocycles. The van der Waals surface area contributed by atoms with Crippen molar-refractivity contribution in [2.75, 3.05) is 13.2 Å². The Balaban J connectivity index is 2.09. The number of hydrogen-bond acceptors (Lipinski definition) is 8. The number of unbranched alkanes of at least 4 members (excludes halogenated alkanes) is 41. The Morgan fingerprint density at radius 3 is 1.19 bits per heavy atom. The summed E-state index contributed by atoms with van der Waals surface area (Å²) in [6.45, 7) is 3.86. The number of aliphatic hydroxyl groups excluding tert-OH is 5. The minimum absolute atomic E-state index is 0.133. The van der Waals surface area contributed by atoms with Gasteiger partial charge in [-0.05, 0) is 44.9 Å². The zero-order valence-electron chi connectivity index (χ0n) is 47.5. The van der Waals surface area contributed by atoms with Crippen molar-refractivity contribution in [3.8, 4) is 0 Å². The Kier molecular flexibility index (Phi) is 50.6. The van der Waals surface area contributed by atoms with Gasteiger partial charge in [0.1, 0.15) is 24.4 Å². The van der Waals surface area contributed by atoms with Crippen LogP contribution in [0.2, 0.25) is 0 Å². The Labute approximate surface area is 445 Å². The molecule has 0 radical (unpaired) electrons. The molecule has 72 heavy (non-hydrogen) atoms. The standard InChI is InChI=1S/C63H121NO8/c1-3-5-7-9-11-13-15-17-19-21-22-23-24-25-26-27-28-29-30-31-32-33-34-35-36-37-39-41-43-45-47-49-51-53-59(67)64-56(55-71-63-62(70)61(69)60(68)58(54-65)72-63)57(66)52-50-48-46-44-42-40-38-20-18-16-14-12-10-8-6-4-2/h15,17,21-22,56-58,60-63,65-66,68-70H,3-14,16,18-20,23-55H2,1-2H3,(H,64,67)/b17-15-,22-21-. The first-order chi connectivity index (χ1) is 35.3.